The van der Waals surface area contributed by atoms with Gasteiger partial charge in [0.2, 0.25) is 10.0 Å². The smallest absolute Gasteiger partial charge is 0.275 e. The molecule has 19 heavy (non-hydrogen) atoms. The van der Waals surface area contributed by atoms with E-state index in [9.17, 15) is 18.5 Å². The lowest BCUT2D eigenvalue weighted by Gasteiger charge is -2.06. The van der Waals surface area contributed by atoms with Crippen LogP contribution < -0.4 is 10.0 Å². The topological polar surface area (TPSA) is 101 Å². The zero-order chi connectivity index (χ0) is 14.5. The van der Waals surface area contributed by atoms with Gasteiger partial charge in [-0.3, -0.25) is 10.1 Å². The molecular formula is C10H14BrN3O4S. The summed E-state index contributed by atoms with van der Waals surface area (Å²) >= 11 is 3.18. The lowest BCUT2D eigenvalue weighted by atomic mass is 10.2. The maximum atomic E-state index is 10.9. The molecule has 0 heterocycles. The summed E-state index contributed by atoms with van der Waals surface area (Å²) in [6, 6.07) is 4.81. The van der Waals surface area contributed by atoms with Crippen LogP contribution in [0.4, 0.5) is 5.69 Å². The minimum atomic E-state index is -3.20. The first-order valence-corrected chi connectivity index (χ1v) is 8.06. The van der Waals surface area contributed by atoms with Crippen molar-refractivity contribution in [2.24, 2.45) is 0 Å². The largest absolute Gasteiger partial charge is 0.311 e. The van der Waals surface area contributed by atoms with Crippen molar-refractivity contribution in [2.75, 3.05) is 19.3 Å². The van der Waals surface area contributed by atoms with Crippen molar-refractivity contribution in [3.63, 3.8) is 0 Å². The van der Waals surface area contributed by atoms with E-state index in [0.29, 0.717) is 23.1 Å². The van der Waals surface area contributed by atoms with Crippen LogP contribution in [0.25, 0.3) is 0 Å². The van der Waals surface area contributed by atoms with Crippen molar-refractivity contribution < 1.29 is 13.3 Å². The van der Waals surface area contributed by atoms with E-state index >= 15 is 0 Å². The Morgan fingerprint density at radius 1 is 1.37 bits per heavy atom. The van der Waals surface area contributed by atoms with Crippen LogP contribution in [0.5, 0.6) is 0 Å². The second kappa shape index (κ2) is 6.94. The molecule has 0 spiro atoms. The normalized spacial score (nSPS) is 11.5. The number of nitro groups is 1. The molecule has 1 aromatic carbocycles. The molecule has 1 rings (SSSR count). The molecule has 7 nitrogen and oxygen atoms in total. The lowest BCUT2D eigenvalue weighted by molar-refractivity contribution is -0.385. The number of rotatable bonds is 7. The molecule has 0 radical (unpaired) electrons. The summed E-state index contributed by atoms with van der Waals surface area (Å²) in [6.45, 7) is 0.929. The summed E-state index contributed by atoms with van der Waals surface area (Å²) < 4.78 is 24.6. The van der Waals surface area contributed by atoms with E-state index in [-0.39, 0.29) is 12.2 Å². The predicted octanol–water partition coefficient (Wildman–Crippen LogP) is 0.996. The summed E-state index contributed by atoms with van der Waals surface area (Å²) in [5.74, 6) is 0. The van der Waals surface area contributed by atoms with Gasteiger partial charge in [-0.2, -0.15) is 0 Å². The fourth-order valence-electron chi connectivity index (χ4n) is 1.40. The zero-order valence-corrected chi connectivity index (χ0v) is 12.6. The second-order valence-electron chi connectivity index (χ2n) is 3.87. The summed E-state index contributed by atoms with van der Waals surface area (Å²) in [4.78, 5) is 10.4. The third kappa shape index (κ3) is 6.10. The molecular weight excluding hydrogens is 338 g/mol. The van der Waals surface area contributed by atoms with Gasteiger partial charge >= 0.3 is 0 Å². The first-order valence-electron chi connectivity index (χ1n) is 5.38. The molecule has 0 aliphatic heterocycles. The van der Waals surface area contributed by atoms with Gasteiger partial charge in [0.25, 0.3) is 5.69 Å². The number of nitro benzene ring substituents is 1. The molecule has 0 saturated carbocycles. The van der Waals surface area contributed by atoms with Gasteiger partial charge in [-0.1, -0.05) is 15.9 Å². The molecule has 106 valence electrons. The van der Waals surface area contributed by atoms with E-state index in [0.717, 1.165) is 6.26 Å². The van der Waals surface area contributed by atoms with Gasteiger partial charge in [0, 0.05) is 35.7 Å². The molecule has 0 bridgehead atoms. The quantitative estimate of drug-likeness (QED) is 0.433. The van der Waals surface area contributed by atoms with Crippen LogP contribution >= 0.6 is 15.9 Å². The second-order valence-corrected chi connectivity index (χ2v) is 6.62. The fourth-order valence-corrected chi connectivity index (χ4v) is 2.23. The van der Waals surface area contributed by atoms with Gasteiger partial charge in [-0.25, -0.2) is 13.1 Å². The van der Waals surface area contributed by atoms with E-state index < -0.39 is 14.9 Å². The van der Waals surface area contributed by atoms with Crippen LogP contribution in [0, 0.1) is 10.1 Å². The van der Waals surface area contributed by atoms with Crippen molar-refractivity contribution >= 4 is 31.6 Å². The molecule has 0 amide bonds. The Hall–Kier alpha value is -1.03. The molecule has 0 unspecified atom stereocenters. The van der Waals surface area contributed by atoms with Crippen LogP contribution in [0.15, 0.2) is 22.7 Å². The van der Waals surface area contributed by atoms with Gasteiger partial charge < -0.3 is 5.32 Å². The number of hydrogen-bond donors (Lipinski definition) is 2. The van der Waals surface area contributed by atoms with Gasteiger partial charge in [0.05, 0.1) is 11.2 Å². The average Bonchev–Trinajstić information content (AvgIpc) is 2.28. The first kappa shape index (κ1) is 16.0. The van der Waals surface area contributed by atoms with Gasteiger partial charge in [-0.15, -0.1) is 0 Å². The predicted molar refractivity (Wildman–Crippen MR) is 75.3 cm³/mol. The first-order chi connectivity index (χ1) is 8.79. The number of hydrogen-bond acceptors (Lipinski definition) is 5. The minimum absolute atomic E-state index is 0.0259. The van der Waals surface area contributed by atoms with E-state index in [4.69, 9.17) is 0 Å². The maximum Gasteiger partial charge on any atom is 0.275 e. The van der Waals surface area contributed by atoms with Crippen molar-refractivity contribution in [1.29, 1.82) is 0 Å². The fraction of sp³-hybridized carbons (Fsp3) is 0.400. The van der Waals surface area contributed by atoms with Crippen LogP contribution in [0.1, 0.15) is 5.56 Å². The molecule has 2 N–H and O–H groups in total. The van der Waals surface area contributed by atoms with Crippen molar-refractivity contribution in [1.82, 2.24) is 10.0 Å². The Bertz CT molecular complexity index is 562. The van der Waals surface area contributed by atoms with Crippen LogP contribution in [-0.2, 0) is 16.6 Å². The van der Waals surface area contributed by atoms with Crippen LogP contribution in [0.2, 0.25) is 0 Å². The Kier molecular flexibility index (Phi) is 5.85. The van der Waals surface area contributed by atoms with E-state index in [1.54, 1.807) is 12.1 Å². The highest BCUT2D eigenvalue weighted by atomic mass is 79.9. The highest BCUT2D eigenvalue weighted by Crippen LogP contribution is 2.23. The number of nitrogens with one attached hydrogen (secondary N) is 2. The van der Waals surface area contributed by atoms with E-state index in [1.807, 2.05) is 0 Å². The molecule has 9 heteroatoms. The number of nitrogens with zero attached hydrogens (tertiary/aromatic N) is 1. The highest BCUT2D eigenvalue weighted by Gasteiger charge is 2.13. The summed E-state index contributed by atoms with van der Waals surface area (Å²) in [7, 11) is -3.20. The molecule has 0 aliphatic carbocycles. The van der Waals surface area contributed by atoms with E-state index in [1.165, 1.54) is 6.07 Å². The number of halogens is 1. The third-order valence-electron chi connectivity index (χ3n) is 2.23. The summed E-state index contributed by atoms with van der Waals surface area (Å²) in [5.41, 5.74) is 0.575. The summed E-state index contributed by atoms with van der Waals surface area (Å²) in [5, 5.41) is 13.8. The van der Waals surface area contributed by atoms with Crippen LogP contribution in [-0.4, -0.2) is 32.7 Å². The van der Waals surface area contributed by atoms with Crippen LogP contribution in [0.3, 0.4) is 0 Å². The average molecular weight is 352 g/mol. The van der Waals surface area contributed by atoms with Crippen molar-refractivity contribution in [3.8, 4) is 0 Å². The standard InChI is InChI=1S/C10H14BrN3O4S/c1-19(17,18)13-5-4-12-7-8-2-3-9(11)6-10(8)14(15)16/h2-3,6,12-13H,4-5,7H2,1H3. The monoisotopic (exact) mass is 351 g/mol. The molecule has 0 saturated heterocycles. The SMILES string of the molecule is CS(=O)(=O)NCCNCc1ccc(Br)cc1[N+](=O)[O-]. The number of benzene rings is 1. The lowest BCUT2D eigenvalue weighted by Crippen LogP contribution is -2.30. The molecule has 0 aromatic heterocycles. The molecule has 0 aliphatic rings. The maximum absolute atomic E-state index is 10.9. The highest BCUT2D eigenvalue weighted by molar-refractivity contribution is 9.10. The van der Waals surface area contributed by atoms with E-state index in [2.05, 4.69) is 26.0 Å². The Labute approximate surface area is 119 Å². The summed E-state index contributed by atoms with van der Waals surface area (Å²) in [6.07, 6.45) is 1.08. The Morgan fingerprint density at radius 3 is 2.63 bits per heavy atom. The third-order valence-corrected chi connectivity index (χ3v) is 3.45. The van der Waals surface area contributed by atoms with Crippen molar-refractivity contribution in [2.45, 2.75) is 6.54 Å². The Morgan fingerprint density at radius 2 is 2.05 bits per heavy atom. The van der Waals surface area contributed by atoms with Gasteiger partial charge in [-0.05, 0) is 12.1 Å². The van der Waals surface area contributed by atoms with Gasteiger partial charge in [0.15, 0.2) is 0 Å². The minimum Gasteiger partial charge on any atom is -0.311 e. The molecule has 0 fully saturated rings. The number of sulfonamides is 1. The Balaban J connectivity index is 2.52. The zero-order valence-electron chi connectivity index (χ0n) is 10.2. The van der Waals surface area contributed by atoms with Crippen molar-refractivity contribution in [3.05, 3.63) is 38.3 Å². The molecule has 0 atom stereocenters. The molecule has 1 aromatic rings. The van der Waals surface area contributed by atoms with Gasteiger partial charge in [0.1, 0.15) is 0 Å².